The molecule has 0 atom stereocenters. The summed E-state index contributed by atoms with van der Waals surface area (Å²) in [5.41, 5.74) is 0. The molecule has 0 fully saturated rings. The van der Waals surface area contributed by atoms with Gasteiger partial charge in [-0.25, -0.2) is 9.97 Å². The van der Waals surface area contributed by atoms with Crippen LogP contribution in [-0.2, 0) is 0 Å². The average Bonchev–Trinajstić information content (AvgIpc) is 2.17. The smallest absolute Gasteiger partial charge is 0.255 e. The quantitative estimate of drug-likeness (QED) is 0.777. The third kappa shape index (κ3) is 2.65. The number of halogens is 1. The molecule has 1 aromatic rings. The lowest BCUT2D eigenvalue weighted by Crippen LogP contribution is -2.19. The molecule has 4 heteroatoms. The molecule has 72 valence electrons. The summed E-state index contributed by atoms with van der Waals surface area (Å²) >= 11 is 0. The van der Waals surface area contributed by atoms with Crippen LogP contribution < -0.4 is 5.32 Å². The monoisotopic (exact) mass is 183 g/mol. The van der Waals surface area contributed by atoms with E-state index >= 15 is 0 Å². The van der Waals surface area contributed by atoms with Gasteiger partial charge in [-0.15, -0.1) is 0 Å². The molecule has 1 heterocycles. The Hall–Kier alpha value is -1.19. The molecule has 1 N–H and O–H groups in total. The molecule has 0 aliphatic heterocycles. The number of hydrogen-bond donors (Lipinski definition) is 1. The van der Waals surface area contributed by atoms with E-state index < -0.39 is 5.95 Å². The molecule has 1 aromatic heterocycles. The Labute approximate surface area is 77.4 Å². The van der Waals surface area contributed by atoms with Gasteiger partial charge in [0, 0.05) is 18.4 Å². The van der Waals surface area contributed by atoms with Crippen molar-refractivity contribution in [3.63, 3.8) is 0 Å². The minimum Gasteiger partial charge on any atom is -0.364 e. The second-order valence-corrected chi connectivity index (χ2v) is 2.85. The van der Waals surface area contributed by atoms with Gasteiger partial charge in [-0.05, 0) is 12.8 Å². The van der Waals surface area contributed by atoms with E-state index in [4.69, 9.17) is 0 Å². The highest BCUT2D eigenvalue weighted by atomic mass is 19.1. The van der Waals surface area contributed by atoms with E-state index in [0.29, 0.717) is 0 Å². The van der Waals surface area contributed by atoms with Gasteiger partial charge >= 0.3 is 0 Å². The van der Waals surface area contributed by atoms with Crippen LogP contribution in [0.5, 0.6) is 0 Å². The van der Waals surface area contributed by atoms with Crippen molar-refractivity contribution in [2.45, 2.75) is 32.7 Å². The Bertz CT molecular complexity index is 261. The fourth-order valence-electron chi connectivity index (χ4n) is 1.10. The van der Waals surface area contributed by atoms with Crippen LogP contribution in [-0.4, -0.2) is 16.0 Å². The molecule has 0 saturated heterocycles. The molecule has 0 saturated carbocycles. The van der Waals surface area contributed by atoms with Crippen molar-refractivity contribution in [2.75, 3.05) is 5.32 Å². The molecule has 3 nitrogen and oxygen atoms in total. The second-order valence-electron chi connectivity index (χ2n) is 2.85. The topological polar surface area (TPSA) is 37.8 Å². The molecule has 0 aliphatic rings. The molecular weight excluding hydrogens is 169 g/mol. The first-order chi connectivity index (χ1) is 6.27. The van der Waals surface area contributed by atoms with Crippen molar-refractivity contribution in [1.82, 2.24) is 9.97 Å². The lowest BCUT2D eigenvalue weighted by molar-refractivity contribution is 0.571. The van der Waals surface area contributed by atoms with Gasteiger partial charge < -0.3 is 5.32 Å². The summed E-state index contributed by atoms with van der Waals surface area (Å²) < 4.78 is 13.0. The maximum Gasteiger partial charge on any atom is 0.255 e. The molecule has 0 bridgehead atoms. The van der Waals surface area contributed by atoms with Gasteiger partial charge in [-0.1, -0.05) is 13.8 Å². The van der Waals surface area contributed by atoms with Gasteiger partial charge in [-0.2, -0.15) is 4.39 Å². The number of hydrogen-bond acceptors (Lipinski definition) is 3. The SMILES string of the molecule is CCC(CC)Nc1nccnc1F. The van der Waals surface area contributed by atoms with E-state index in [1.165, 1.54) is 12.4 Å². The van der Waals surface area contributed by atoms with Gasteiger partial charge in [0.05, 0.1) is 0 Å². The van der Waals surface area contributed by atoms with Crippen LogP contribution in [0, 0.1) is 5.95 Å². The molecule has 13 heavy (non-hydrogen) atoms. The number of nitrogens with one attached hydrogen (secondary N) is 1. The first-order valence-electron chi connectivity index (χ1n) is 4.51. The highest BCUT2D eigenvalue weighted by Crippen LogP contribution is 2.10. The first kappa shape index (κ1) is 9.89. The first-order valence-corrected chi connectivity index (χ1v) is 4.51. The van der Waals surface area contributed by atoms with Crippen molar-refractivity contribution in [3.8, 4) is 0 Å². The second kappa shape index (κ2) is 4.74. The van der Waals surface area contributed by atoms with Crippen molar-refractivity contribution in [1.29, 1.82) is 0 Å². The molecule has 0 aliphatic carbocycles. The lowest BCUT2D eigenvalue weighted by Gasteiger charge is -2.14. The van der Waals surface area contributed by atoms with Crippen molar-refractivity contribution in [3.05, 3.63) is 18.3 Å². The zero-order valence-corrected chi connectivity index (χ0v) is 7.92. The molecule has 0 unspecified atom stereocenters. The van der Waals surface area contributed by atoms with Crippen LogP contribution in [0.1, 0.15) is 26.7 Å². The summed E-state index contributed by atoms with van der Waals surface area (Å²) in [5.74, 6) is -0.286. The van der Waals surface area contributed by atoms with Crippen LogP contribution in [0.3, 0.4) is 0 Å². The van der Waals surface area contributed by atoms with E-state index in [1.807, 2.05) is 0 Å². The van der Waals surface area contributed by atoms with Crippen molar-refractivity contribution in [2.24, 2.45) is 0 Å². The molecule has 0 amide bonds. The number of aromatic nitrogens is 2. The Morgan fingerprint density at radius 3 is 2.46 bits per heavy atom. The fourth-order valence-corrected chi connectivity index (χ4v) is 1.10. The Kier molecular flexibility index (Phi) is 3.61. The summed E-state index contributed by atoms with van der Waals surface area (Å²) in [5, 5.41) is 3.00. The Morgan fingerprint density at radius 1 is 1.31 bits per heavy atom. The lowest BCUT2D eigenvalue weighted by atomic mass is 10.2. The van der Waals surface area contributed by atoms with E-state index in [-0.39, 0.29) is 11.9 Å². The van der Waals surface area contributed by atoms with Gasteiger partial charge in [0.2, 0.25) is 0 Å². The third-order valence-corrected chi connectivity index (χ3v) is 1.98. The zero-order chi connectivity index (χ0) is 9.68. The number of rotatable bonds is 4. The van der Waals surface area contributed by atoms with Crippen LogP contribution in [0.2, 0.25) is 0 Å². The van der Waals surface area contributed by atoms with E-state index in [0.717, 1.165) is 12.8 Å². The number of nitrogens with zero attached hydrogens (tertiary/aromatic N) is 2. The molecular formula is C9H14FN3. The van der Waals surface area contributed by atoms with Crippen molar-refractivity contribution >= 4 is 5.82 Å². The highest BCUT2D eigenvalue weighted by Gasteiger charge is 2.08. The van der Waals surface area contributed by atoms with Crippen LogP contribution >= 0.6 is 0 Å². The average molecular weight is 183 g/mol. The minimum absolute atomic E-state index is 0.246. The molecule has 0 radical (unpaired) electrons. The van der Waals surface area contributed by atoms with Crippen LogP contribution in [0.4, 0.5) is 10.2 Å². The highest BCUT2D eigenvalue weighted by molar-refractivity contribution is 5.32. The summed E-state index contributed by atoms with van der Waals surface area (Å²) in [4.78, 5) is 7.37. The van der Waals surface area contributed by atoms with Crippen LogP contribution in [0.25, 0.3) is 0 Å². The minimum atomic E-state index is -0.533. The standard InChI is InChI=1S/C9H14FN3/c1-3-7(4-2)13-9-8(10)11-5-6-12-9/h5-7H,3-4H2,1-2H3,(H,12,13). The summed E-state index contributed by atoms with van der Waals surface area (Å²) in [6, 6.07) is 0.270. The maximum absolute atomic E-state index is 13.0. The van der Waals surface area contributed by atoms with E-state index in [2.05, 4.69) is 29.1 Å². The Balaban J connectivity index is 2.67. The molecule has 0 aromatic carbocycles. The zero-order valence-electron chi connectivity index (χ0n) is 7.92. The van der Waals surface area contributed by atoms with Crippen LogP contribution in [0.15, 0.2) is 12.4 Å². The normalized spacial score (nSPS) is 10.5. The van der Waals surface area contributed by atoms with Gasteiger partial charge in [0.15, 0.2) is 5.82 Å². The summed E-state index contributed by atoms with van der Waals surface area (Å²) in [6.07, 6.45) is 4.72. The largest absolute Gasteiger partial charge is 0.364 e. The van der Waals surface area contributed by atoms with Gasteiger partial charge in [-0.3, -0.25) is 0 Å². The maximum atomic E-state index is 13.0. The van der Waals surface area contributed by atoms with E-state index in [1.54, 1.807) is 0 Å². The van der Waals surface area contributed by atoms with Crippen molar-refractivity contribution < 1.29 is 4.39 Å². The third-order valence-electron chi connectivity index (χ3n) is 1.98. The predicted octanol–water partition coefficient (Wildman–Crippen LogP) is 2.22. The predicted molar refractivity (Wildman–Crippen MR) is 50.0 cm³/mol. The molecule has 0 spiro atoms. The summed E-state index contributed by atoms with van der Waals surface area (Å²) in [7, 11) is 0. The van der Waals surface area contributed by atoms with E-state index in [9.17, 15) is 4.39 Å². The number of anilines is 1. The molecule has 1 rings (SSSR count). The van der Waals surface area contributed by atoms with Gasteiger partial charge in [0.25, 0.3) is 5.95 Å². The van der Waals surface area contributed by atoms with Gasteiger partial charge in [0.1, 0.15) is 0 Å². The fraction of sp³-hybridized carbons (Fsp3) is 0.556. The Morgan fingerprint density at radius 2 is 1.92 bits per heavy atom. The summed E-state index contributed by atoms with van der Waals surface area (Å²) in [6.45, 7) is 4.10.